The molecule has 2 fully saturated rings. The summed E-state index contributed by atoms with van der Waals surface area (Å²) in [6.07, 6.45) is 9.36. The van der Waals surface area contributed by atoms with Crippen molar-refractivity contribution in [3.63, 3.8) is 0 Å². The van der Waals surface area contributed by atoms with Crippen molar-refractivity contribution in [2.45, 2.75) is 89.4 Å². The van der Waals surface area contributed by atoms with Crippen LogP contribution in [-0.2, 0) is 9.47 Å². The van der Waals surface area contributed by atoms with Gasteiger partial charge in [-0.3, -0.25) is 0 Å². The van der Waals surface area contributed by atoms with Crippen LogP contribution in [0.25, 0.3) is 0 Å². The van der Waals surface area contributed by atoms with Gasteiger partial charge in [0.1, 0.15) is 0 Å². The van der Waals surface area contributed by atoms with E-state index in [9.17, 15) is 22.0 Å². The molecule has 0 radical (unpaired) electrons. The second-order valence-corrected chi connectivity index (χ2v) is 10.2. The molecule has 1 heterocycles. The Morgan fingerprint density at radius 2 is 1.71 bits per heavy atom. The van der Waals surface area contributed by atoms with Crippen molar-refractivity contribution in [3.8, 4) is 0 Å². The van der Waals surface area contributed by atoms with Gasteiger partial charge in [0.05, 0.1) is 24.7 Å². The van der Waals surface area contributed by atoms with Crippen LogP contribution >= 0.6 is 0 Å². The predicted molar refractivity (Wildman–Crippen MR) is 124 cm³/mol. The zero-order valence-corrected chi connectivity index (χ0v) is 20.3. The third kappa shape index (κ3) is 6.53. The summed E-state index contributed by atoms with van der Waals surface area (Å²) in [5, 5.41) is 0. The highest BCUT2D eigenvalue weighted by Gasteiger charge is 2.45. The van der Waals surface area contributed by atoms with Crippen molar-refractivity contribution in [2.24, 2.45) is 17.8 Å². The number of benzene rings is 1. The van der Waals surface area contributed by atoms with Gasteiger partial charge in [-0.2, -0.15) is 8.78 Å². The first-order valence-electron chi connectivity index (χ1n) is 12.9. The van der Waals surface area contributed by atoms with Crippen LogP contribution in [0.5, 0.6) is 0 Å². The molecule has 4 rings (SSSR count). The van der Waals surface area contributed by atoms with Gasteiger partial charge in [-0.1, -0.05) is 30.7 Å². The fourth-order valence-corrected chi connectivity index (χ4v) is 5.71. The van der Waals surface area contributed by atoms with E-state index in [0.717, 1.165) is 50.7 Å². The molecular weight excluding hydrogens is 463 g/mol. The maximum atomic E-state index is 15.0. The molecule has 1 aromatic carbocycles. The molecule has 194 valence electrons. The van der Waals surface area contributed by atoms with Crippen molar-refractivity contribution in [1.29, 1.82) is 0 Å². The highest BCUT2D eigenvalue weighted by atomic mass is 19.3. The van der Waals surface area contributed by atoms with Crippen LogP contribution < -0.4 is 0 Å². The lowest BCUT2D eigenvalue weighted by Gasteiger charge is -2.38. The van der Waals surface area contributed by atoms with Gasteiger partial charge < -0.3 is 9.47 Å². The van der Waals surface area contributed by atoms with E-state index in [1.165, 1.54) is 5.57 Å². The second-order valence-electron chi connectivity index (χ2n) is 10.2. The molecule has 3 unspecified atom stereocenters. The number of alkyl halides is 2. The first kappa shape index (κ1) is 26.3. The number of halogens is 5. The Morgan fingerprint density at radius 3 is 2.29 bits per heavy atom. The third-order valence-electron chi connectivity index (χ3n) is 7.79. The minimum absolute atomic E-state index is 0.100. The summed E-state index contributed by atoms with van der Waals surface area (Å²) in [4.78, 5) is 0. The standard InChI is InChI=1S/C28H35F5O2/c1-2-3-4-18-5-7-19(8-6-18)20-9-11-22(12-10-20)28(32,33)35-23-13-14-26(34-17-23)21-15-24(29)27(31)25(30)16-21/h3-4,7,15-16,18,20,22-23,26H,2,5-6,8-14,17H2,1H3/b4-3+. The average Bonchev–Trinajstić information content (AvgIpc) is 2.86. The van der Waals surface area contributed by atoms with Crippen LogP contribution in [0.4, 0.5) is 22.0 Å². The number of hydrogen-bond donors (Lipinski definition) is 0. The molecule has 1 aliphatic heterocycles. The zero-order chi connectivity index (χ0) is 25.0. The van der Waals surface area contributed by atoms with Crippen molar-refractivity contribution in [1.82, 2.24) is 0 Å². The summed E-state index contributed by atoms with van der Waals surface area (Å²) >= 11 is 0. The Morgan fingerprint density at radius 1 is 1.00 bits per heavy atom. The summed E-state index contributed by atoms with van der Waals surface area (Å²) < 4.78 is 80.9. The van der Waals surface area contributed by atoms with Crippen molar-refractivity contribution in [2.75, 3.05) is 6.61 Å². The van der Waals surface area contributed by atoms with Crippen molar-refractivity contribution < 1.29 is 31.4 Å². The normalized spacial score (nSPS) is 30.5. The van der Waals surface area contributed by atoms with E-state index in [-0.39, 0.29) is 25.0 Å². The molecular formula is C28H35F5O2. The molecule has 35 heavy (non-hydrogen) atoms. The van der Waals surface area contributed by atoms with Gasteiger partial charge in [-0.05, 0) is 93.7 Å². The van der Waals surface area contributed by atoms with Crippen LogP contribution in [0.3, 0.4) is 0 Å². The molecule has 2 aliphatic carbocycles. The number of rotatable bonds is 7. The Hall–Kier alpha value is -1.73. The van der Waals surface area contributed by atoms with Crippen LogP contribution in [-0.4, -0.2) is 18.8 Å². The molecule has 2 nitrogen and oxygen atoms in total. The zero-order valence-electron chi connectivity index (χ0n) is 20.3. The van der Waals surface area contributed by atoms with Crippen LogP contribution in [0.2, 0.25) is 0 Å². The smallest absolute Gasteiger partial charge is 0.358 e. The largest absolute Gasteiger partial charge is 0.371 e. The number of ether oxygens (including phenoxy) is 2. The molecule has 1 aromatic rings. The fourth-order valence-electron chi connectivity index (χ4n) is 5.71. The van der Waals surface area contributed by atoms with Gasteiger partial charge in [0.25, 0.3) is 0 Å². The van der Waals surface area contributed by atoms with E-state index in [1.54, 1.807) is 0 Å². The molecule has 3 atom stereocenters. The average molecular weight is 499 g/mol. The SMILES string of the molecule is CC/C=C/C1CC=C(C2CCC(C(F)(F)OC3CCC(c4cc(F)c(F)c(F)c4)OC3)CC2)CC1. The summed E-state index contributed by atoms with van der Waals surface area (Å²) in [7, 11) is 0. The maximum Gasteiger partial charge on any atom is 0.358 e. The van der Waals surface area contributed by atoms with E-state index in [1.807, 2.05) is 0 Å². The topological polar surface area (TPSA) is 18.5 Å². The summed E-state index contributed by atoms with van der Waals surface area (Å²) in [6.45, 7) is 2.03. The van der Waals surface area contributed by atoms with Gasteiger partial charge >= 0.3 is 6.11 Å². The second kappa shape index (κ2) is 11.5. The molecule has 1 saturated carbocycles. The Balaban J connectivity index is 1.24. The first-order valence-corrected chi connectivity index (χ1v) is 12.9. The molecule has 1 saturated heterocycles. The molecule has 0 N–H and O–H groups in total. The van der Waals surface area contributed by atoms with Crippen molar-refractivity contribution in [3.05, 3.63) is 58.9 Å². The fraction of sp³-hybridized carbons (Fsp3) is 0.643. The first-order chi connectivity index (χ1) is 16.8. The molecule has 7 heteroatoms. The van der Waals surface area contributed by atoms with Gasteiger partial charge in [0.2, 0.25) is 0 Å². The molecule has 3 aliphatic rings. The van der Waals surface area contributed by atoms with Gasteiger partial charge in [-0.25, -0.2) is 13.2 Å². The van der Waals surface area contributed by atoms with Gasteiger partial charge in [0.15, 0.2) is 17.5 Å². The molecule has 0 spiro atoms. The van der Waals surface area contributed by atoms with E-state index in [2.05, 4.69) is 25.2 Å². The highest BCUT2D eigenvalue weighted by Crippen LogP contribution is 2.45. The van der Waals surface area contributed by atoms with Crippen LogP contribution in [0, 0.1) is 35.2 Å². The lowest BCUT2D eigenvalue weighted by molar-refractivity contribution is -0.310. The summed E-state index contributed by atoms with van der Waals surface area (Å²) in [6, 6.07) is 1.78. The van der Waals surface area contributed by atoms with Gasteiger partial charge in [0, 0.05) is 0 Å². The lowest BCUT2D eigenvalue weighted by atomic mass is 9.74. The Bertz CT molecular complexity index is 889. The van der Waals surface area contributed by atoms with E-state index >= 15 is 0 Å². The lowest BCUT2D eigenvalue weighted by Crippen LogP contribution is -2.41. The van der Waals surface area contributed by atoms with Crippen LogP contribution in [0.1, 0.15) is 82.8 Å². The minimum Gasteiger partial charge on any atom is -0.371 e. The van der Waals surface area contributed by atoms with E-state index in [4.69, 9.17) is 9.47 Å². The molecule has 0 aromatic heterocycles. The Kier molecular flexibility index (Phi) is 8.69. The molecule has 0 bridgehead atoms. The summed E-state index contributed by atoms with van der Waals surface area (Å²) in [5.74, 6) is -3.93. The third-order valence-corrected chi connectivity index (χ3v) is 7.79. The minimum atomic E-state index is -3.24. The van der Waals surface area contributed by atoms with E-state index in [0.29, 0.717) is 24.7 Å². The highest BCUT2D eigenvalue weighted by molar-refractivity contribution is 5.22. The quantitative estimate of drug-likeness (QED) is 0.213. The molecule has 0 amide bonds. The number of hydrogen-bond acceptors (Lipinski definition) is 2. The van der Waals surface area contributed by atoms with E-state index < -0.39 is 41.7 Å². The Labute approximate surface area is 204 Å². The summed E-state index contributed by atoms with van der Waals surface area (Å²) in [5.41, 5.74) is 1.60. The van der Waals surface area contributed by atoms with Gasteiger partial charge in [-0.15, -0.1) is 0 Å². The van der Waals surface area contributed by atoms with Crippen LogP contribution in [0.15, 0.2) is 35.9 Å². The number of allylic oxidation sites excluding steroid dienone is 4. The monoisotopic (exact) mass is 498 g/mol. The predicted octanol–water partition coefficient (Wildman–Crippen LogP) is 8.43. The maximum absolute atomic E-state index is 15.0. The van der Waals surface area contributed by atoms with Crippen molar-refractivity contribution >= 4 is 0 Å².